The molecule has 0 aliphatic carbocycles. The molecule has 1 aromatic carbocycles. The first-order valence-electron chi connectivity index (χ1n) is 9.56. The molecule has 0 aromatic heterocycles. The molecule has 0 atom stereocenters. The fourth-order valence-electron chi connectivity index (χ4n) is 2.67. The van der Waals surface area contributed by atoms with Crippen LogP contribution < -0.4 is 0 Å². The fraction of sp³-hybridized carbons (Fsp3) is 0.700. The van der Waals surface area contributed by atoms with Gasteiger partial charge in [0.25, 0.3) is 10.1 Å². The van der Waals surface area contributed by atoms with Crippen LogP contribution in [-0.4, -0.2) is 38.1 Å². The van der Waals surface area contributed by atoms with E-state index in [9.17, 15) is 8.42 Å². The number of benzene rings is 1. The van der Waals surface area contributed by atoms with Crippen LogP contribution in [0.25, 0.3) is 0 Å². The van der Waals surface area contributed by atoms with E-state index in [2.05, 4.69) is 27.4 Å². The molecular weight excluding hydrogens is 351 g/mol. The predicted octanol–water partition coefficient (Wildman–Crippen LogP) is 6.28. The molecule has 0 unspecified atom stereocenters. The summed E-state index contributed by atoms with van der Waals surface area (Å²) < 4.78 is 29.6. The third-order valence-electron chi connectivity index (χ3n) is 4.47. The summed E-state index contributed by atoms with van der Waals surface area (Å²) in [6, 6.07) is 5.99. The van der Waals surface area contributed by atoms with Crippen LogP contribution in [0.5, 0.6) is 0 Å². The third-order valence-corrected chi connectivity index (χ3v) is 9.53. The van der Waals surface area contributed by atoms with Gasteiger partial charge in [0.15, 0.2) is 0 Å². The molecule has 0 aliphatic rings. The number of hydrogen-bond donors (Lipinski definition) is 1. The van der Waals surface area contributed by atoms with E-state index in [1.165, 1.54) is 50.7 Å². The Morgan fingerprint density at radius 1 is 0.840 bits per heavy atom. The molecule has 0 amide bonds. The van der Waals surface area contributed by atoms with Gasteiger partial charge in [0.1, 0.15) is 0 Å². The maximum atomic E-state index is 10.5. The molecule has 146 valence electrons. The summed E-state index contributed by atoms with van der Waals surface area (Å²) in [6.07, 6.45) is 13.2. The average Bonchev–Trinajstić information content (AvgIpc) is 2.57. The number of aryl methyl sites for hydroxylation is 1. The van der Waals surface area contributed by atoms with Gasteiger partial charge in [-0.05, 0) is 38.3 Å². The van der Waals surface area contributed by atoms with Gasteiger partial charge in [-0.2, -0.15) is 8.42 Å². The lowest BCUT2D eigenvalue weighted by atomic mass is 10.2. The zero-order valence-electron chi connectivity index (χ0n) is 16.8. The highest BCUT2D eigenvalue weighted by atomic mass is 32.2. The summed E-state index contributed by atoms with van der Waals surface area (Å²) in [7, 11) is -4.54. The summed E-state index contributed by atoms with van der Waals surface area (Å²) in [4.78, 5) is -0.0666. The van der Waals surface area contributed by atoms with E-state index in [1.54, 1.807) is 30.6 Å². The second kappa shape index (κ2) is 12.8. The highest BCUT2D eigenvalue weighted by molar-refractivity contribution is 7.85. The molecule has 1 rings (SSSR count). The summed E-state index contributed by atoms with van der Waals surface area (Å²) in [5.41, 5.74) is 0.956. The molecule has 0 radical (unpaired) electrons. The summed E-state index contributed by atoms with van der Waals surface area (Å²) in [6.45, 7) is 11.4. The van der Waals surface area contributed by atoms with Gasteiger partial charge < -0.3 is 0 Å². The minimum Gasteiger partial charge on any atom is -0.282 e. The van der Waals surface area contributed by atoms with Gasteiger partial charge in [0.2, 0.25) is 0 Å². The molecule has 0 saturated carbocycles. The van der Waals surface area contributed by atoms with E-state index < -0.39 is 17.4 Å². The Balaban J connectivity index is 0.000000472. The molecule has 0 fully saturated rings. The van der Waals surface area contributed by atoms with Crippen molar-refractivity contribution in [3.63, 3.8) is 0 Å². The van der Waals surface area contributed by atoms with Crippen LogP contribution in [0.2, 0.25) is 0 Å². The van der Waals surface area contributed by atoms with Crippen molar-refractivity contribution in [3.05, 3.63) is 29.8 Å². The van der Waals surface area contributed by atoms with Crippen LogP contribution in [0, 0.1) is 6.92 Å². The summed E-state index contributed by atoms with van der Waals surface area (Å²) in [5.74, 6) is 0. The predicted molar refractivity (Wildman–Crippen MR) is 113 cm³/mol. The first-order chi connectivity index (χ1) is 11.7. The largest absolute Gasteiger partial charge is 0.294 e. The van der Waals surface area contributed by atoms with Crippen molar-refractivity contribution in [3.8, 4) is 0 Å². The molecule has 5 heteroatoms. The van der Waals surface area contributed by atoms with E-state index in [1.807, 2.05) is 6.92 Å². The van der Waals surface area contributed by atoms with Crippen molar-refractivity contribution in [1.82, 2.24) is 0 Å². The number of rotatable bonds is 10. The molecule has 25 heavy (non-hydrogen) atoms. The Hall–Kier alpha value is -0.440. The maximum absolute atomic E-state index is 10.5. The van der Waals surface area contributed by atoms with E-state index in [4.69, 9.17) is 4.55 Å². The van der Waals surface area contributed by atoms with Gasteiger partial charge in [0, 0.05) is 13.9 Å². The smallest absolute Gasteiger partial charge is 0.282 e. The van der Waals surface area contributed by atoms with E-state index >= 15 is 0 Å². The van der Waals surface area contributed by atoms with Crippen molar-refractivity contribution in [2.75, 3.05) is 25.2 Å². The Morgan fingerprint density at radius 3 is 1.48 bits per heavy atom. The zero-order valence-corrected chi connectivity index (χ0v) is 18.5. The topological polar surface area (TPSA) is 54.4 Å². The van der Waals surface area contributed by atoms with Crippen LogP contribution in [0.3, 0.4) is 0 Å². The second-order valence-corrected chi connectivity index (χ2v) is 13.1. The maximum Gasteiger partial charge on any atom is 0.294 e. The molecule has 0 saturated heterocycles. The number of hydrogen-bond acceptors (Lipinski definition) is 2. The van der Waals surface area contributed by atoms with Gasteiger partial charge in [0.05, 0.1) is 23.4 Å². The third kappa shape index (κ3) is 11.7. The van der Waals surface area contributed by atoms with Crippen molar-refractivity contribution >= 4 is 17.4 Å². The van der Waals surface area contributed by atoms with Gasteiger partial charge >= 0.3 is 0 Å². The minimum absolute atomic E-state index is 0.0666. The van der Waals surface area contributed by atoms with Crippen molar-refractivity contribution in [1.29, 1.82) is 0 Å². The fourth-order valence-corrected chi connectivity index (χ4v) is 7.06. The highest BCUT2D eigenvalue weighted by Crippen LogP contribution is 2.57. The molecule has 0 spiro atoms. The van der Waals surface area contributed by atoms with Crippen LogP contribution in [-0.2, 0) is 10.1 Å². The highest BCUT2D eigenvalue weighted by Gasteiger charge is 2.28. The monoisotopic (exact) mass is 389 g/mol. The van der Waals surface area contributed by atoms with Gasteiger partial charge in [-0.25, -0.2) is 0 Å². The standard InChI is InChI=1S/C13H30P.C7H8O3S/c1-5-8-11-14(4,12-9-6-2)13-10-7-3;1-6-2-4-7(5-3-6)11(8,9)10/h5-13H2,1-4H3;2-5H,1H3,(H,8,9,10)/q+1;. The van der Waals surface area contributed by atoms with Crippen LogP contribution in [0.15, 0.2) is 29.2 Å². The lowest BCUT2D eigenvalue weighted by molar-refractivity contribution is 0.483. The quantitative estimate of drug-likeness (QED) is 0.379. The van der Waals surface area contributed by atoms with Gasteiger partial charge in [-0.1, -0.05) is 57.7 Å². The second-order valence-electron chi connectivity index (χ2n) is 7.14. The zero-order chi connectivity index (χ0) is 19.3. The van der Waals surface area contributed by atoms with Crippen LogP contribution >= 0.6 is 7.26 Å². The SMILES string of the molecule is CCCC[P+](C)(CCCC)CCCC.Cc1ccc(S(=O)(=O)O)cc1. The summed E-state index contributed by atoms with van der Waals surface area (Å²) in [5, 5.41) is 0. The normalized spacial score (nSPS) is 11.8. The van der Waals surface area contributed by atoms with E-state index in [0.717, 1.165) is 5.56 Å². The molecule has 0 aliphatic heterocycles. The molecule has 1 N–H and O–H groups in total. The summed E-state index contributed by atoms with van der Waals surface area (Å²) >= 11 is 0. The molecule has 0 heterocycles. The molecule has 3 nitrogen and oxygen atoms in total. The Labute approximate surface area is 156 Å². The van der Waals surface area contributed by atoms with Crippen molar-refractivity contribution in [2.45, 2.75) is 71.1 Å². The van der Waals surface area contributed by atoms with Crippen LogP contribution in [0.4, 0.5) is 0 Å². The Kier molecular flexibility index (Phi) is 12.6. The van der Waals surface area contributed by atoms with Gasteiger partial charge in [-0.15, -0.1) is 0 Å². The van der Waals surface area contributed by atoms with E-state index in [0.29, 0.717) is 0 Å². The van der Waals surface area contributed by atoms with Gasteiger partial charge in [-0.3, -0.25) is 4.55 Å². The van der Waals surface area contributed by atoms with E-state index in [-0.39, 0.29) is 4.90 Å². The first-order valence-corrected chi connectivity index (χ1v) is 13.8. The lowest BCUT2D eigenvalue weighted by Crippen LogP contribution is -2.07. The minimum atomic E-state index is -4.02. The van der Waals surface area contributed by atoms with Crippen molar-refractivity contribution in [2.24, 2.45) is 0 Å². The molecule has 1 aromatic rings. The van der Waals surface area contributed by atoms with Crippen molar-refractivity contribution < 1.29 is 13.0 Å². The average molecular weight is 390 g/mol. The van der Waals surface area contributed by atoms with Crippen LogP contribution in [0.1, 0.15) is 64.9 Å². The Bertz CT molecular complexity index is 531. The number of unbranched alkanes of at least 4 members (excludes halogenated alkanes) is 3. The molecular formula is C20H38O3PS+. The first kappa shape index (κ1) is 24.6. The Morgan fingerprint density at radius 2 is 1.20 bits per heavy atom. The lowest BCUT2D eigenvalue weighted by Gasteiger charge is -2.22. The molecule has 0 bridgehead atoms.